The Morgan fingerprint density at radius 1 is 0.818 bits per heavy atom. The van der Waals surface area contributed by atoms with Crippen LogP contribution < -0.4 is 26.6 Å². The third-order valence-electron chi connectivity index (χ3n) is 7.47. The van der Waals surface area contributed by atoms with Crippen LogP contribution in [0.25, 0.3) is 0 Å². The van der Waals surface area contributed by atoms with Crippen LogP contribution in [-0.4, -0.2) is 78.2 Å². The summed E-state index contributed by atoms with van der Waals surface area (Å²) in [5.41, 5.74) is 0.952. The summed E-state index contributed by atoms with van der Waals surface area (Å²) in [5, 5.41) is 14.0. The molecule has 1 aliphatic rings. The van der Waals surface area contributed by atoms with Crippen LogP contribution in [0.5, 0.6) is 0 Å². The Bertz CT molecular complexity index is 1140. The summed E-state index contributed by atoms with van der Waals surface area (Å²) in [6, 6.07) is 6.36. The predicted octanol–water partition coefficient (Wildman–Crippen LogP) is 2.02. The number of hydrogen-bond donors (Lipinski definition) is 5. The number of benzene rings is 1. The van der Waals surface area contributed by atoms with E-state index in [1.807, 2.05) is 70.0 Å². The molecule has 5 amide bonds. The van der Waals surface area contributed by atoms with Gasteiger partial charge in [0.1, 0.15) is 18.1 Å². The second-order valence-electron chi connectivity index (χ2n) is 12.6. The third-order valence-corrected chi connectivity index (χ3v) is 7.47. The normalized spacial score (nSPS) is 18.0. The van der Waals surface area contributed by atoms with Crippen molar-refractivity contribution >= 4 is 29.5 Å². The molecule has 244 valence electrons. The van der Waals surface area contributed by atoms with E-state index in [-0.39, 0.29) is 35.6 Å². The number of hydrogen-bond acceptors (Lipinski definition) is 6. The maximum Gasteiger partial charge on any atom is 0.244 e. The number of nitrogens with zero attached hydrogens (tertiary/aromatic N) is 1. The van der Waals surface area contributed by atoms with E-state index in [0.717, 1.165) is 24.9 Å². The summed E-state index contributed by atoms with van der Waals surface area (Å²) in [7, 11) is 1.90. The standard InChI is InChI=1S/C33H52N6O5/c1-21(2)18-26(37-32(43)27(19-22(3)4)38-33(44)28-14-11-17-39(28)7)31(42)35-23(5)15-16-29(40)36-24(6)30(41)34-20-25-12-9-8-10-13-25/h8-10,12-13,15-16,21-24,26-28H,11,14,17-20H2,1-7H3,(H,34,41)(H,35,42)(H,36,40)(H,37,43)(H,38,44)/b16-15+/t23-,24-,26-,27-,28-/m0/s1. The van der Waals surface area contributed by atoms with Crippen molar-refractivity contribution in [3.8, 4) is 0 Å². The highest BCUT2D eigenvalue weighted by molar-refractivity contribution is 5.94. The van der Waals surface area contributed by atoms with Crippen molar-refractivity contribution in [2.75, 3.05) is 13.6 Å². The molecule has 11 nitrogen and oxygen atoms in total. The molecule has 1 aromatic carbocycles. The van der Waals surface area contributed by atoms with Crippen molar-refractivity contribution in [1.82, 2.24) is 31.5 Å². The number of carbonyl (C=O) groups excluding carboxylic acids is 5. The predicted molar refractivity (Wildman–Crippen MR) is 171 cm³/mol. The second kappa shape index (κ2) is 18.2. The number of amides is 5. The summed E-state index contributed by atoms with van der Waals surface area (Å²) < 4.78 is 0. The summed E-state index contributed by atoms with van der Waals surface area (Å²) in [6.45, 7) is 12.4. The molecule has 0 radical (unpaired) electrons. The summed E-state index contributed by atoms with van der Waals surface area (Å²) in [6.07, 6.45) is 5.33. The van der Waals surface area contributed by atoms with Crippen molar-refractivity contribution in [2.24, 2.45) is 11.8 Å². The largest absolute Gasteiger partial charge is 0.350 e. The van der Waals surface area contributed by atoms with Crippen molar-refractivity contribution in [1.29, 1.82) is 0 Å². The molecule has 0 saturated carbocycles. The average molecular weight is 613 g/mol. The number of rotatable bonds is 16. The van der Waals surface area contributed by atoms with Gasteiger partial charge < -0.3 is 26.6 Å². The van der Waals surface area contributed by atoms with Crippen LogP contribution in [0.15, 0.2) is 42.5 Å². The van der Waals surface area contributed by atoms with Crippen molar-refractivity contribution < 1.29 is 24.0 Å². The van der Waals surface area contributed by atoms with E-state index >= 15 is 0 Å². The van der Waals surface area contributed by atoms with Crippen LogP contribution in [0.2, 0.25) is 0 Å². The fourth-order valence-corrected chi connectivity index (χ4v) is 5.06. The molecular weight excluding hydrogens is 560 g/mol. The van der Waals surface area contributed by atoms with E-state index in [4.69, 9.17) is 0 Å². The zero-order valence-corrected chi connectivity index (χ0v) is 27.3. The first-order valence-electron chi connectivity index (χ1n) is 15.7. The summed E-state index contributed by atoms with van der Waals surface area (Å²) in [5.74, 6) is -1.47. The summed E-state index contributed by atoms with van der Waals surface area (Å²) >= 11 is 0. The zero-order chi connectivity index (χ0) is 32.8. The Hall–Kier alpha value is -3.73. The van der Waals surface area contributed by atoms with Gasteiger partial charge in [-0.2, -0.15) is 0 Å². The van der Waals surface area contributed by atoms with Crippen molar-refractivity contribution in [2.45, 2.75) is 104 Å². The zero-order valence-electron chi connectivity index (χ0n) is 27.3. The van der Waals surface area contributed by atoms with Gasteiger partial charge in [-0.05, 0) is 70.5 Å². The number of nitrogens with one attached hydrogen (secondary N) is 5. The van der Waals surface area contributed by atoms with Crippen molar-refractivity contribution in [3.05, 3.63) is 48.0 Å². The van der Waals surface area contributed by atoms with Gasteiger partial charge >= 0.3 is 0 Å². The van der Waals surface area contributed by atoms with Gasteiger partial charge in [-0.1, -0.05) is 64.1 Å². The molecule has 1 fully saturated rings. The van der Waals surface area contributed by atoms with Gasteiger partial charge in [0.05, 0.1) is 6.04 Å². The van der Waals surface area contributed by atoms with Crippen molar-refractivity contribution in [3.63, 3.8) is 0 Å². The number of likely N-dealkylation sites (tertiary alicyclic amines) is 1. The lowest BCUT2D eigenvalue weighted by molar-refractivity contribution is -0.133. The quantitative estimate of drug-likeness (QED) is 0.181. The lowest BCUT2D eigenvalue weighted by Crippen LogP contribution is -2.56. The van der Waals surface area contributed by atoms with E-state index in [1.165, 1.54) is 12.2 Å². The maximum absolute atomic E-state index is 13.4. The fourth-order valence-electron chi connectivity index (χ4n) is 5.06. The first-order valence-corrected chi connectivity index (χ1v) is 15.7. The Labute approximate surface area is 262 Å². The highest BCUT2D eigenvalue weighted by Gasteiger charge is 2.33. The van der Waals surface area contributed by atoms with Gasteiger partial charge in [0.15, 0.2) is 0 Å². The molecule has 2 rings (SSSR count). The molecule has 0 spiro atoms. The van der Waals surface area contributed by atoms with E-state index in [0.29, 0.717) is 19.4 Å². The van der Waals surface area contributed by atoms with E-state index in [2.05, 4.69) is 26.6 Å². The highest BCUT2D eigenvalue weighted by atomic mass is 16.2. The van der Waals surface area contributed by atoms with Gasteiger partial charge in [-0.25, -0.2) is 0 Å². The first kappa shape index (κ1) is 36.5. The van der Waals surface area contributed by atoms with Crippen LogP contribution in [0.3, 0.4) is 0 Å². The monoisotopic (exact) mass is 612 g/mol. The van der Waals surface area contributed by atoms with Gasteiger partial charge in [-0.15, -0.1) is 0 Å². The van der Waals surface area contributed by atoms with Gasteiger partial charge in [0.2, 0.25) is 29.5 Å². The van der Waals surface area contributed by atoms with Crippen LogP contribution >= 0.6 is 0 Å². The van der Waals surface area contributed by atoms with Gasteiger partial charge in [-0.3, -0.25) is 28.9 Å². The molecule has 11 heteroatoms. The molecule has 1 saturated heterocycles. The average Bonchev–Trinajstić information content (AvgIpc) is 3.39. The first-order chi connectivity index (χ1) is 20.8. The minimum atomic E-state index is -0.818. The lowest BCUT2D eigenvalue weighted by atomic mass is 9.99. The smallest absolute Gasteiger partial charge is 0.244 e. The second-order valence-corrected chi connectivity index (χ2v) is 12.6. The molecule has 5 atom stereocenters. The molecule has 0 bridgehead atoms. The minimum absolute atomic E-state index is 0.113. The fraction of sp³-hybridized carbons (Fsp3) is 0.606. The number of carbonyl (C=O) groups is 5. The van der Waals surface area contributed by atoms with Crippen LogP contribution in [0.4, 0.5) is 0 Å². The SMILES string of the molecule is CC(C)C[C@H](NC(=O)[C@H](CC(C)C)NC(=O)[C@@H]1CCCN1C)C(=O)N[C@@H](C)/C=C/C(=O)N[C@@H](C)C(=O)NCc1ccccc1. The summed E-state index contributed by atoms with van der Waals surface area (Å²) in [4.78, 5) is 66.3. The number of likely N-dealkylation sites (N-methyl/N-ethyl adjacent to an activating group) is 1. The third kappa shape index (κ3) is 12.9. The van der Waals surface area contributed by atoms with Crippen LogP contribution in [0.1, 0.15) is 72.8 Å². The molecule has 1 aromatic rings. The van der Waals surface area contributed by atoms with Gasteiger partial charge in [0, 0.05) is 18.7 Å². The van der Waals surface area contributed by atoms with Crippen LogP contribution in [-0.2, 0) is 30.5 Å². The maximum atomic E-state index is 13.4. The van der Waals surface area contributed by atoms with E-state index in [9.17, 15) is 24.0 Å². The molecule has 5 N–H and O–H groups in total. The highest BCUT2D eigenvalue weighted by Crippen LogP contribution is 2.16. The van der Waals surface area contributed by atoms with E-state index < -0.39 is 36.0 Å². The molecule has 1 heterocycles. The lowest BCUT2D eigenvalue weighted by Gasteiger charge is -2.27. The topological polar surface area (TPSA) is 149 Å². The Balaban J connectivity index is 1.93. The molecule has 44 heavy (non-hydrogen) atoms. The Kier molecular flexibility index (Phi) is 15.1. The Morgan fingerprint density at radius 2 is 1.41 bits per heavy atom. The molecule has 0 aliphatic carbocycles. The minimum Gasteiger partial charge on any atom is -0.350 e. The molecule has 0 aromatic heterocycles. The van der Waals surface area contributed by atoms with Gasteiger partial charge in [0.25, 0.3) is 0 Å². The molecular formula is C33H52N6O5. The Morgan fingerprint density at radius 3 is 1.98 bits per heavy atom. The molecule has 1 aliphatic heterocycles. The molecule has 0 unspecified atom stereocenters. The van der Waals surface area contributed by atoms with Crippen LogP contribution in [0, 0.1) is 11.8 Å². The van der Waals surface area contributed by atoms with E-state index in [1.54, 1.807) is 13.8 Å².